The van der Waals surface area contributed by atoms with Crippen LogP contribution >= 0.6 is 11.6 Å². The zero-order chi connectivity index (χ0) is 39.8. The minimum Gasteiger partial charge on any atom is -0.451 e. The molecule has 9 rings (SSSR count). The number of hydrogen-bond acceptors (Lipinski definition) is 9. The minimum absolute atomic E-state index is 0.00912. The highest BCUT2D eigenvalue weighted by molar-refractivity contribution is 6.32. The van der Waals surface area contributed by atoms with Crippen molar-refractivity contribution in [2.24, 2.45) is 69.0 Å². The van der Waals surface area contributed by atoms with Gasteiger partial charge in [-0.2, -0.15) is 0 Å². The Kier molecular flexibility index (Phi) is 8.99. The van der Waals surface area contributed by atoms with Crippen LogP contribution in [0.1, 0.15) is 106 Å². The molecule has 6 fully saturated rings. The Morgan fingerprint density at radius 1 is 0.909 bits per heavy atom. The van der Waals surface area contributed by atoms with Crippen LogP contribution in [0.25, 0.3) is 0 Å². The van der Waals surface area contributed by atoms with Crippen LogP contribution in [0.2, 0.25) is 0 Å². The lowest BCUT2D eigenvalue weighted by Crippen LogP contribution is -2.61. The van der Waals surface area contributed by atoms with Crippen molar-refractivity contribution in [3.8, 4) is 0 Å². The Morgan fingerprint density at radius 3 is 2.27 bits per heavy atom. The molecule has 55 heavy (non-hydrogen) atoms. The van der Waals surface area contributed by atoms with Gasteiger partial charge in [-0.25, -0.2) is 0 Å². The number of carbonyl (C=O) groups excluding carboxylic acids is 5. The summed E-state index contributed by atoms with van der Waals surface area (Å²) < 4.78 is 5.82. The molecule has 0 bridgehead atoms. The third-order valence-corrected chi connectivity index (χ3v) is 18.1. The average molecular weight is 777 g/mol. The molecule has 298 valence electrons. The molecule has 0 spiro atoms. The van der Waals surface area contributed by atoms with Gasteiger partial charge in [0.1, 0.15) is 12.2 Å². The molecule has 9 aliphatic carbocycles. The molecule has 0 amide bonds. The summed E-state index contributed by atoms with van der Waals surface area (Å²) in [5.41, 5.74) is -2.00. The van der Waals surface area contributed by atoms with Crippen molar-refractivity contribution in [1.82, 2.24) is 0 Å². The number of fused-ring (bicyclic) bond motifs is 12. The van der Waals surface area contributed by atoms with E-state index in [1.165, 1.54) is 6.92 Å². The highest BCUT2D eigenvalue weighted by Gasteiger charge is 2.71. The standard InChI is InChI=1S/C24H29ClO4.C21H28O5/c1-12(26)24(29-13(2)27)8-6-16-14-10-20(25)19-11-21(28)15-9-18(15)23(19,4)17(14)5-7-22(16,24)3;1-19-7-5-13(23)9-12(19)3-4-14-15-6-8-21(26,17(25)11-22)20(15,2)10-16(24)18(14)19/h10-11,14-18H,5-9H2,1-4H3;5,7,9,14-16,18,22,24,26H,3-4,6,8,10-11H2,1-2H3/t14-,15+,16-,17-,18-,22-,23-,24-;14-,15-,16-,18+,19-,20-,21-/m00/s1. The van der Waals surface area contributed by atoms with Crippen LogP contribution in [-0.4, -0.2) is 68.3 Å². The van der Waals surface area contributed by atoms with Crippen molar-refractivity contribution in [2.75, 3.05) is 6.61 Å². The van der Waals surface area contributed by atoms with Crippen LogP contribution in [0.5, 0.6) is 0 Å². The second-order valence-corrected chi connectivity index (χ2v) is 20.1. The summed E-state index contributed by atoms with van der Waals surface area (Å²) in [4.78, 5) is 61.3. The van der Waals surface area contributed by atoms with E-state index in [1.807, 2.05) is 19.1 Å². The molecule has 0 heterocycles. The fourth-order valence-corrected chi connectivity index (χ4v) is 15.3. The quantitative estimate of drug-likeness (QED) is 0.285. The number of carbonyl (C=O) groups is 5. The van der Waals surface area contributed by atoms with Gasteiger partial charge < -0.3 is 20.1 Å². The van der Waals surface area contributed by atoms with Gasteiger partial charge in [0.25, 0.3) is 0 Å². The van der Waals surface area contributed by atoms with Gasteiger partial charge in [0.15, 0.2) is 28.7 Å². The molecule has 9 aliphatic rings. The fraction of sp³-hybridized carbons (Fsp3) is 0.711. The first-order chi connectivity index (χ1) is 25.7. The maximum atomic E-state index is 12.8. The Labute approximate surface area is 329 Å². The van der Waals surface area contributed by atoms with Crippen LogP contribution in [0, 0.1) is 69.0 Å². The molecule has 9 nitrogen and oxygen atoms in total. The van der Waals surface area contributed by atoms with Crippen LogP contribution in [-0.2, 0) is 28.7 Å². The Balaban J connectivity index is 0.000000156. The maximum absolute atomic E-state index is 12.8. The summed E-state index contributed by atoms with van der Waals surface area (Å²) in [6, 6.07) is 0. The molecule has 3 N–H and O–H groups in total. The number of rotatable bonds is 4. The molecule has 0 aromatic carbocycles. The van der Waals surface area contributed by atoms with Crippen molar-refractivity contribution >= 4 is 40.7 Å². The van der Waals surface area contributed by atoms with Crippen molar-refractivity contribution in [1.29, 1.82) is 0 Å². The number of hydrogen-bond donors (Lipinski definition) is 3. The molecule has 6 saturated carbocycles. The molecule has 10 heteroatoms. The largest absolute Gasteiger partial charge is 0.451 e. The molecule has 0 aromatic heterocycles. The van der Waals surface area contributed by atoms with Gasteiger partial charge in [0, 0.05) is 45.5 Å². The number of allylic oxidation sites excluding steroid dienone is 8. The number of aliphatic hydroxyl groups excluding tert-OH is 2. The van der Waals surface area contributed by atoms with E-state index in [4.69, 9.17) is 16.3 Å². The lowest BCUT2D eigenvalue weighted by atomic mass is 9.46. The molecule has 0 saturated heterocycles. The van der Waals surface area contributed by atoms with E-state index < -0.39 is 35.1 Å². The highest BCUT2D eigenvalue weighted by Crippen LogP contribution is 2.73. The van der Waals surface area contributed by atoms with Gasteiger partial charge in [-0.05, 0) is 130 Å². The summed E-state index contributed by atoms with van der Waals surface area (Å²) in [5.74, 6) is 1.04. The van der Waals surface area contributed by atoms with Crippen LogP contribution in [0.3, 0.4) is 0 Å². The van der Waals surface area contributed by atoms with Gasteiger partial charge in [-0.15, -0.1) is 0 Å². The Hall–Kier alpha value is -2.72. The third-order valence-electron chi connectivity index (χ3n) is 17.8. The highest BCUT2D eigenvalue weighted by atomic mass is 35.5. The van der Waals surface area contributed by atoms with Gasteiger partial charge in [0.2, 0.25) is 0 Å². The monoisotopic (exact) mass is 776 g/mol. The van der Waals surface area contributed by atoms with Gasteiger partial charge in [-0.3, -0.25) is 24.0 Å². The molecule has 0 radical (unpaired) electrons. The average Bonchev–Trinajstić information content (AvgIpc) is 3.83. The second-order valence-electron chi connectivity index (χ2n) is 19.7. The molecular weight excluding hydrogens is 720 g/mol. The zero-order valence-corrected chi connectivity index (χ0v) is 33.8. The van der Waals surface area contributed by atoms with Gasteiger partial charge in [-0.1, -0.05) is 57.0 Å². The first-order valence-corrected chi connectivity index (χ1v) is 20.9. The zero-order valence-electron chi connectivity index (χ0n) is 33.0. The Bertz CT molecular complexity index is 1890. The van der Waals surface area contributed by atoms with Crippen LogP contribution in [0.15, 0.2) is 46.6 Å². The Morgan fingerprint density at radius 2 is 1.60 bits per heavy atom. The number of ketones is 4. The smallest absolute Gasteiger partial charge is 0.303 e. The molecule has 0 aliphatic heterocycles. The molecular formula is C45H57ClO9. The van der Waals surface area contributed by atoms with Crippen molar-refractivity contribution in [2.45, 2.75) is 123 Å². The number of aliphatic hydroxyl groups is 3. The topological polar surface area (TPSA) is 155 Å². The van der Waals surface area contributed by atoms with Crippen LogP contribution < -0.4 is 0 Å². The summed E-state index contributed by atoms with van der Waals surface area (Å²) in [7, 11) is 0. The summed E-state index contributed by atoms with van der Waals surface area (Å²) in [5, 5.41) is 32.4. The van der Waals surface area contributed by atoms with Crippen molar-refractivity contribution < 1.29 is 44.0 Å². The van der Waals surface area contributed by atoms with Crippen molar-refractivity contribution in [3.05, 3.63) is 46.6 Å². The SMILES string of the molecule is CC(=O)O[C@]1(C(C)=O)CC[C@H]2[C@@H]3C=C(Cl)C4=CC(=O)[C@@H]5C[C@@H]5[C@]4(C)[C@H]3CC[C@@]21C.C[C@]12C=CC(=O)C=C1CC[C@@H]1[C@@H]2[C@@H](O)C[C@@]2(C)[C@H]1CC[C@]2(O)C(=O)CO. The predicted octanol–water partition coefficient (Wildman–Crippen LogP) is 6.17. The van der Waals surface area contributed by atoms with E-state index in [9.17, 15) is 39.3 Å². The molecule has 0 unspecified atom stereocenters. The fourth-order valence-electron chi connectivity index (χ4n) is 14.9. The first kappa shape index (κ1) is 39.1. The summed E-state index contributed by atoms with van der Waals surface area (Å²) in [6.07, 6.45) is 15.9. The number of esters is 1. The summed E-state index contributed by atoms with van der Waals surface area (Å²) in [6.45, 7) is 10.8. The van der Waals surface area contributed by atoms with Gasteiger partial charge >= 0.3 is 5.97 Å². The lowest BCUT2D eigenvalue weighted by Gasteiger charge is -2.59. The van der Waals surface area contributed by atoms with Crippen LogP contribution in [0.4, 0.5) is 0 Å². The second kappa shape index (κ2) is 12.6. The first-order valence-electron chi connectivity index (χ1n) is 20.6. The van der Waals surface area contributed by atoms with E-state index in [1.54, 1.807) is 19.1 Å². The normalized spacial score (nSPS) is 49.8. The number of Topliss-reactive ketones (excluding diaryl/α,β-unsaturated/α-hetero) is 2. The molecule has 0 aromatic rings. The van der Waals surface area contributed by atoms with Crippen molar-refractivity contribution in [3.63, 3.8) is 0 Å². The van der Waals surface area contributed by atoms with Gasteiger partial charge in [0.05, 0.1) is 6.10 Å². The van der Waals surface area contributed by atoms with E-state index >= 15 is 0 Å². The van der Waals surface area contributed by atoms with E-state index in [-0.39, 0.29) is 75.1 Å². The number of halogens is 1. The minimum atomic E-state index is -1.56. The molecule has 15 atom stereocenters. The van der Waals surface area contributed by atoms with E-state index in [2.05, 4.69) is 26.8 Å². The predicted molar refractivity (Wildman–Crippen MR) is 204 cm³/mol. The van der Waals surface area contributed by atoms with E-state index in [0.717, 1.165) is 56.1 Å². The maximum Gasteiger partial charge on any atom is 0.303 e. The number of ether oxygens (including phenoxy) is 1. The summed E-state index contributed by atoms with van der Waals surface area (Å²) >= 11 is 6.79. The van der Waals surface area contributed by atoms with E-state index in [0.29, 0.717) is 36.1 Å². The lowest BCUT2D eigenvalue weighted by molar-refractivity contribution is -0.185. The third kappa shape index (κ3) is 5.10.